The molecule has 0 aliphatic carbocycles. The molecule has 11 nitrogen and oxygen atoms in total. The normalized spacial score (nSPS) is 11.6. The Bertz CT molecular complexity index is 2340. The number of nitrogens with two attached hydrogens (primary N) is 1. The molecular formula is C41H38Cl2N6O5. The van der Waals surface area contributed by atoms with E-state index < -0.39 is 6.04 Å². The van der Waals surface area contributed by atoms with Crippen molar-refractivity contribution in [3.63, 3.8) is 0 Å². The van der Waals surface area contributed by atoms with Gasteiger partial charge in [0.05, 0.1) is 48.6 Å². The largest absolute Gasteiger partial charge is 0.496 e. The SMILES string of the molecule is COc1cc(OCc2cccc(-c3cccc4c3cnn4Cc3cc(OCc4cncc(C#N)c4)c(CNC(C=O)CO)cc3Cl)c2C)c(Cl)cc1CN. The first-order valence-corrected chi connectivity index (χ1v) is 17.8. The van der Waals surface area contributed by atoms with Crippen LogP contribution >= 0.6 is 23.2 Å². The van der Waals surface area contributed by atoms with E-state index in [1.807, 2.05) is 41.2 Å². The Morgan fingerprint density at radius 2 is 1.70 bits per heavy atom. The molecule has 0 saturated carbocycles. The fourth-order valence-electron chi connectivity index (χ4n) is 6.16. The molecule has 13 heteroatoms. The lowest BCUT2D eigenvalue weighted by Crippen LogP contribution is -2.33. The van der Waals surface area contributed by atoms with Crippen LogP contribution in [0.1, 0.15) is 38.9 Å². The van der Waals surface area contributed by atoms with Crippen molar-refractivity contribution in [3.8, 4) is 34.4 Å². The lowest BCUT2D eigenvalue weighted by Gasteiger charge is -2.17. The molecule has 1 unspecified atom stereocenters. The van der Waals surface area contributed by atoms with Gasteiger partial charge < -0.3 is 35.2 Å². The fraction of sp³-hybridized carbons (Fsp3) is 0.220. The molecular weight excluding hydrogens is 727 g/mol. The van der Waals surface area contributed by atoms with Crippen LogP contribution in [0.2, 0.25) is 10.0 Å². The highest BCUT2D eigenvalue weighted by atomic mass is 35.5. The molecule has 6 rings (SSSR count). The van der Waals surface area contributed by atoms with Crippen molar-refractivity contribution in [2.45, 2.75) is 45.8 Å². The van der Waals surface area contributed by atoms with Gasteiger partial charge in [-0.2, -0.15) is 10.4 Å². The number of carbonyl (C=O) groups excluding carboxylic acids is 1. The zero-order chi connectivity index (χ0) is 38.2. The number of carbonyl (C=O) groups is 1. The van der Waals surface area contributed by atoms with Crippen LogP contribution in [0.5, 0.6) is 17.2 Å². The average Bonchev–Trinajstić information content (AvgIpc) is 3.61. The van der Waals surface area contributed by atoms with Crippen LogP contribution in [-0.2, 0) is 37.6 Å². The standard InChI is InChI=1S/C41H38Cl2N6O5/c1-25-28(24-54-41-13-39(52-2)29(15-45)10-37(41)43)5-3-6-33(25)34-7-4-8-38-35(34)19-48-49(38)20-31-12-40(53-23-27-9-26(14-44)16-46-17-27)30(11-36(31)42)18-47-32(21-50)22-51/h3-13,16-17,19,21,32,47,51H,15,18,20,22-24,45H2,1-2H3. The first-order valence-electron chi connectivity index (χ1n) is 17.1. The van der Waals surface area contributed by atoms with Crippen LogP contribution in [-0.4, -0.2) is 45.9 Å². The summed E-state index contributed by atoms with van der Waals surface area (Å²) in [5.41, 5.74) is 14.2. The Hall–Kier alpha value is -5.48. The van der Waals surface area contributed by atoms with Crippen LogP contribution in [0, 0.1) is 18.3 Å². The van der Waals surface area contributed by atoms with Gasteiger partial charge in [-0.05, 0) is 65.1 Å². The number of aromatic nitrogens is 3. The van der Waals surface area contributed by atoms with Gasteiger partial charge in [-0.15, -0.1) is 0 Å². The van der Waals surface area contributed by atoms with Gasteiger partial charge in [0.1, 0.15) is 42.8 Å². The quantitative estimate of drug-likeness (QED) is 0.0885. The third kappa shape index (κ3) is 8.50. The van der Waals surface area contributed by atoms with Gasteiger partial charge in [0.25, 0.3) is 0 Å². The first-order chi connectivity index (χ1) is 26.3. The molecule has 6 aromatic rings. The van der Waals surface area contributed by atoms with Gasteiger partial charge in [0.15, 0.2) is 0 Å². The van der Waals surface area contributed by atoms with Gasteiger partial charge in [-0.1, -0.05) is 53.5 Å². The predicted octanol–water partition coefficient (Wildman–Crippen LogP) is 6.91. The average molecular weight is 766 g/mol. The Morgan fingerprint density at radius 3 is 2.46 bits per heavy atom. The number of nitrogens with zero attached hydrogens (tertiary/aromatic N) is 4. The lowest BCUT2D eigenvalue weighted by molar-refractivity contribution is -0.110. The number of methoxy groups -OCH3 is 1. The maximum absolute atomic E-state index is 11.4. The van der Waals surface area contributed by atoms with Crippen LogP contribution < -0.4 is 25.3 Å². The van der Waals surface area contributed by atoms with Gasteiger partial charge in [-0.25, -0.2) is 0 Å². The van der Waals surface area contributed by atoms with E-state index in [2.05, 4.69) is 35.4 Å². The number of nitrogens with one attached hydrogen (secondary N) is 1. The molecule has 4 aromatic carbocycles. The third-order valence-electron chi connectivity index (χ3n) is 9.15. The monoisotopic (exact) mass is 764 g/mol. The van der Waals surface area contributed by atoms with E-state index in [-0.39, 0.29) is 19.8 Å². The Kier molecular flexibility index (Phi) is 12.4. The maximum Gasteiger partial charge on any atom is 0.142 e. The van der Waals surface area contributed by atoms with E-state index in [1.54, 1.807) is 37.6 Å². The molecule has 4 N–H and O–H groups in total. The Balaban J connectivity index is 1.27. The topological polar surface area (TPSA) is 158 Å². The molecule has 0 fully saturated rings. The van der Waals surface area contributed by atoms with Crippen molar-refractivity contribution in [1.82, 2.24) is 20.1 Å². The van der Waals surface area contributed by atoms with E-state index in [9.17, 15) is 15.2 Å². The fourth-order valence-corrected chi connectivity index (χ4v) is 6.65. The molecule has 2 aromatic heterocycles. The maximum atomic E-state index is 11.4. The van der Waals surface area contributed by atoms with E-state index in [0.717, 1.165) is 44.3 Å². The summed E-state index contributed by atoms with van der Waals surface area (Å²) in [4.78, 5) is 15.5. The summed E-state index contributed by atoms with van der Waals surface area (Å²) in [6.07, 6.45) is 5.62. The Morgan fingerprint density at radius 1 is 0.926 bits per heavy atom. The third-order valence-corrected chi connectivity index (χ3v) is 9.79. The summed E-state index contributed by atoms with van der Waals surface area (Å²) in [6, 6.07) is 22.4. The zero-order valence-corrected chi connectivity index (χ0v) is 31.2. The highest BCUT2D eigenvalue weighted by Gasteiger charge is 2.17. The number of fused-ring (bicyclic) bond motifs is 1. The van der Waals surface area contributed by atoms with E-state index >= 15 is 0 Å². The van der Waals surface area contributed by atoms with Crippen molar-refractivity contribution >= 4 is 40.4 Å². The number of aliphatic hydroxyl groups is 1. The molecule has 0 aliphatic rings. The number of ether oxygens (including phenoxy) is 3. The molecule has 0 spiro atoms. The van der Waals surface area contributed by atoms with Crippen LogP contribution in [0.4, 0.5) is 0 Å². The molecule has 0 amide bonds. The lowest BCUT2D eigenvalue weighted by atomic mass is 9.94. The van der Waals surface area contributed by atoms with Crippen molar-refractivity contribution in [3.05, 3.63) is 134 Å². The summed E-state index contributed by atoms with van der Waals surface area (Å²) in [5, 5.41) is 28.5. The second kappa shape index (κ2) is 17.6. The number of nitriles is 1. The molecule has 1 atom stereocenters. The number of rotatable bonds is 16. The van der Waals surface area contributed by atoms with Gasteiger partial charge in [0, 0.05) is 58.6 Å². The molecule has 0 bridgehead atoms. The highest BCUT2D eigenvalue weighted by molar-refractivity contribution is 6.32. The van der Waals surface area contributed by atoms with Crippen molar-refractivity contribution < 1.29 is 24.1 Å². The van der Waals surface area contributed by atoms with Crippen molar-refractivity contribution in [2.24, 2.45) is 5.73 Å². The van der Waals surface area contributed by atoms with Gasteiger partial charge in [0.2, 0.25) is 0 Å². The van der Waals surface area contributed by atoms with Crippen molar-refractivity contribution in [2.75, 3.05) is 13.7 Å². The predicted molar refractivity (Wildman–Crippen MR) is 208 cm³/mol. The molecule has 54 heavy (non-hydrogen) atoms. The number of benzene rings is 4. The van der Waals surface area contributed by atoms with Crippen LogP contribution in [0.25, 0.3) is 22.0 Å². The summed E-state index contributed by atoms with van der Waals surface area (Å²) >= 11 is 13.4. The molecule has 0 aliphatic heterocycles. The number of pyridine rings is 1. The van der Waals surface area contributed by atoms with Crippen LogP contribution in [0.15, 0.2) is 85.3 Å². The molecule has 276 valence electrons. The van der Waals surface area contributed by atoms with Gasteiger partial charge in [-0.3, -0.25) is 9.67 Å². The van der Waals surface area contributed by atoms with E-state index in [4.69, 9.17) is 48.2 Å². The summed E-state index contributed by atoms with van der Waals surface area (Å²) < 4.78 is 19.8. The second-order valence-electron chi connectivity index (χ2n) is 12.6. The molecule has 0 saturated heterocycles. The highest BCUT2D eigenvalue weighted by Crippen LogP contribution is 2.36. The second-order valence-corrected chi connectivity index (χ2v) is 13.4. The molecule has 0 radical (unpaired) electrons. The number of halogens is 2. The number of hydrogen-bond acceptors (Lipinski definition) is 10. The summed E-state index contributed by atoms with van der Waals surface area (Å²) in [7, 11) is 1.59. The van der Waals surface area contributed by atoms with Crippen LogP contribution in [0.3, 0.4) is 0 Å². The smallest absolute Gasteiger partial charge is 0.142 e. The molecule has 2 heterocycles. The Labute approximate surface area is 322 Å². The minimum Gasteiger partial charge on any atom is -0.496 e. The van der Waals surface area contributed by atoms with E-state index in [1.165, 1.54) is 6.20 Å². The zero-order valence-electron chi connectivity index (χ0n) is 29.7. The number of aliphatic hydroxyl groups excluding tert-OH is 1. The summed E-state index contributed by atoms with van der Waals surface area (Å²) in [5.74, 6) is 1.65. The van der Waals surface area contributed by atoms with Crippen molar-refractivity contribution in [1.29, 1.82) is 5.26 Å². The first kappa shape index (κ1) is 38.3. The van der Waals surface area contributed by atoms with Gasteiger partial charge >= 0.3 is 0 Å². The summed E-state index contributed by atoms with van der Waals surface area (Å²) in [6.45, 7) is 3.02. The number of aldehydes is 1. The number of hydrogen-bond donors (Lipinski definition) is 3. The van der Waals surface area contributed by atoms with E-state index in [0.29, 0.717) is 70.0 Å². The minimum atomic E-state index is -0.745. The minimum absolute atomic E-state index is 0.146.